The third-order valence-electron chi connectivity index (χ3n) is 4.25. The Morgan fingerprint density at radius 3 is 2.63 bits per heavy atom. The minimum Gasteiger partial charge on any atom is -0.354 e. The van der Waals surface area contributed by atoms with E-state index in [1.165, 1.54) is 18.4 Å². The van der Waals surface area contributed by atoms with E-state index in [2.05, 4.69) is 47.4 Å². The molecule has 1 aliphatic carbocycles. The Labute approximate surface area is 113 Å². The average Bonchev–Trinajstić information content (AvgIpc) is 3.12. The van der Waals surface area contributed by atoms with Gasteiger partial charge < -0.3 is 5.32 Å². The van der Waals surface area contributed by atoms with E-state index in [1.807, 2.05) is 6.07 Å². The van der Waals surface area contributed by atoms with E-state index >= 15 is 0 Å². The van der Waals surface area contributed by atoms with Crippen molar-refractivity contribution in [2.45, 2.75) is 43.7 Å². The maximum Gasteiger partial charge on any atom is 0.238 e. The lowest BCUT2D eigenvalue weighted by Crippen LogP contribution is -2.45. The van der Waals surface area contributed by atoms with Gasteiger partial charge >= 0.3 is 0 Å². The summed E-state index contributed by atoms with van der Waals surface area (Å²) < 4.78 is 0. The summed E-state index contributed by atoms with van der Waals surface area (Å²) in [7, 11) is 0. The Kier molecular flexibility index (Phi) is 3.29. The largest absolute Gasteiger partial charge is 0.354 e. The molecule has 3 rings (SSSR count). The molecule has 1 aromatic rings. The Morgan fingerprint density at radius 2 is 2.05 bits per heavy atom. The Bertz CT molecular complexity index is 456. The van der Waals surface area contributed by atoms with Crippen LogP contribution in [0.5, 0.6) is 0 Å². The number of nitrogens with one attached hydrogen (secondary N) is 3. The normalized spacial score (nSPS) is 28.1. The number of carbonyl (C=O) groups excluding carboxylic acids is 1. The van der Waals surface area contributed by atoms with E-state index < -0.39 is 0 Å². The molecule has 102 valence electrons. The molecule has 19 heavy (non-hydrogen) atoms. The predicted octanol–water partition coefficient (Wildman–Crippen LogP) is 1.09. The summed E-state index contributed by atoms with van der Waals surface area (Å²) in [5.74, 6) is 0.110. The summed E-state index contributed by atoms with van der Waals surface area (Å²) in [6.45, 7) is 2.83. The van der Waals surface area contributed by atoms with Gasteiger partial charge in [0.05, 0.1) is 0 Å². The molecule has 1 heterocycles. The smallest absolute Gasteiger partial charge is 0.238 e. The fourth-order valence-electron chi connectivity index (χ4n) is 2.78. The minimum absolute atomic E-state index is 0.0958. The van der Waals surface area contributed by atoms with Crippen LogP contribution in [0.15, 0.2) is 30.3 Å². The Balaban J connectivity index is 1.56. The quantitative estimate of drug-likeness (QED) is 0.758. The lowest BCUT2D eigenvalue weighted by atomic mass is 9.96. The zero-order valence-corrected chi connectivity index (χ0v) is 11.3. The molecule has 2 fully saturated rings. The molecule has 0 bridgehead atoms. The summed E-state index contributed by atoms with van der Waals surface area (Å²) in [6, 6.07) is 10.8. The highest BCUT2D eigenvalue weighted by Gasteiger charge is 2.44. The highest BCUT2D eigenvalue weighted by atomic mass is 16.2. The van der Waals surface area contributed by atoms with Crippen LogP contribution in [0.3, 0.4) is 0 Å². The third kappa shape index (κ3) is 2.65. The SMILES string of the molecule is CC1CC(C(=O)NCC2(c3ccccc3)CC2)NN1. The number of hydrogen-bond donors (Lipinski definition) is 3. The molecule has 0 spiro atoms. The van der Waals surface area contributed by atoms with Gasteiger partial charge in [-0.1, -0.05) is 30.3 Å². The van der Waals surface area contributed by atoms with Crippen LogP contribution in [-0.4, -0.2) is 24.5 Å². The number of hydrazine groups is 1. The summed E-state index contributed by atoms with van der Waals surface area (Å²) in [5.41, 5.74) is 7.66. The molecule has 2 unspecified atom stereocenters. The van der Waals surface area contributed by atoms with Crippen LogP contribution < -0.4 is 16.2 Å². The standard InChI is InChI=1S/C15H21N3O/c1-11-9-13(18-17-11)14(19)16-10-15(7-8-15)12-5-3-2-4-6-12/h2-6,11,13,17-18H,7-10H2,1H3,(H,16,19). The molecule has 2 atom stereocenters. The highest BCUT2D eigenvalue weighted by Crippen LogP contribution is 2.47. The van der Waals surface area contributed by atoms with Crippen LogP contribution in [0, 0.1) is 0 Å². The fourth-order valence-corrected chi connectivity index (χ4v) is 2.78. The lowest BCUT2D eigenvalue weighted by molar-refractivity contribution is -0.123. The van der Waals surface area contributed by atoms with Gasteiger partial charge in [-0.15, -0.1) is 0 Å². The van der Waals surface area contributed by atoms with E-state index in [9.17, 15) is 4.79 Å². The second-order valence-corrected chi connectivity index (χ2v) is 5.84. The molecule has 0 radical (unpaired) electrons. The topological polar surface area (TPSA) is 53.2 Å². The highest BCUT2D eigenvalue weighted by molar-refractivity contribution is 5.82. The van der Waals surface area contributed by atoms with Crippen LogP contribution in [-0.2, 0) is 10.2 Å². The van der Waals surface area contributed by atoms with Crippen molar-refractivity contribution in [2.75, 3.05) is 6.54 Å². The van der Waals surface area contributed by atoms with Crippen molar-refractivity contribution in [1.82, 2.24) is 16.2 Å². The van der Waals surface area contributed by atoms with E-state index in [-0.39, 0.29) is 17.4 Å². The Morgan fingerprint density at radius 1 is 1.32 bits per heavy atom. The number of carbonyl (C=O) groups is 1. The third-order valence-corrected chi connectivity index (χ3v) is 4.25. The van der Waals surface area contributed by atoms with Crippen molar-refractivity contribution >= 4 is 5.91 Å². The molecule has 2 aliphatic rings. The summed E-state index contributed by atoms with van der Waals surface area (Å²) in [4.78, 5) is 12.1. The van der Waals surface area contributed by atoms with Gasteiger partial charge in [-0.05, 0) is 31.7 Å². The molecular weight excluding hydrogens is 238 g/mol. The van der Waals surface area contributed by atoms with Gasteiger partial charge in [-0.3, -0.25) is 10.2 Å². The zero-order chi connectivity index (χ0) is 13.3. The van der Waals surface area contributed by atoms with Crippen molar-refractivity contribution in [3.8, 4) is 0 Å². The first-order chi connectivity index (χ1) is 9.20. The van der Waals surface area contributed by atoms with Crippen molar-refractivity contribution in [2.24, 2.45) is 0 Å². The van der Waals surface area contributed by atoms with E-state index in [0.717, 1.165) is 13.0 Å². The Hall–Kier alpha value is -1.39. The van der Waals surface area contributed by atoms with Gasteiger partial charge in [0.25, 0.3) is 0 Å². The van der Waals surface area contributed by atoms with Crippen LogP contribution in [0.4, 0.5) is 0 Å². The predicted molar refractivity (Wildman–Crippen MR) is 74.5 cm³/mol. The van der Waals surface area contributed by atoms with E-state index in [4.69, 9.17) is 0 Å². The molecule has 0 aromatic heterocycles. The van der Waals surface area contributed by atoms with Crippen molar-refractivity contribution in [1.29, 1.82) is 0 Å². The number of hydrogen-bond acceptors (Lipinski definition) is 3. The van der Waals surface area contributed by atoms with Crippen molar-refractivity contribution < 1.29 is 4.79 Å². The molecule has 4 heteroatoms. The van der Waals surface area contributed by atoms with Crippen LogP contribution >= 0.6 is 0 Å². The first-order valence-electron chi connectivity index (χ1n) is 7.04. The second-order valence-electron chi connectivity index (χ2n) is 5.84. The van der Waals surface area contributed by atoms with Crippen molar-refractivity contribution in [3.63, 3.8) is 0 Å². The first kappa shape index (κ1) is 12.6. The van der Waals surface area contributed by atoms with Gasteiger partial charge in [0, 0.05) is 18.0 Å². The van der Waals surface area contributed by atoms with Gasteiger partial charge in [0.15, 0.2) is 0 Å². The van der Waals surface area contributed by atoms with Crippen LogP contribution in [0.25, 0.3) is 0 Å². The van der Waals surface area contributed by atoms with Gasteiger partial charge in [0.1, 0.15) is 6.04 Å². The monoisotopic (exact) mass is 259 g/mol. The molecule has 1 amide bonds. The summed E-state index contributed by atoms with van der Waals surface area (Å²) in [5, 5.41) is 3.10. The fraction of sp³-hybridized carbons (Fsp3) is 0.533. The van der Waals surface area contributed by atoms with Gasteiger partial charge in [-0.2, -0.15) is 0 Å². The van der Waals surface area contributed by atoms with Gasteiger partial charge in [0.2, 0.25) is 5.91 Å². The van der Waals surface area contributed by atoms with Crippen molar-refractivity contribution in [3.05, 3.63) is 35.9 Å². The minimum atomic E-state index is -0.0958. The number of amides is 1. The molecule has 1 aliphatic heterocycles. The first-order valence-corrected chi connectivity index (χ1v) is 7.04. The van der Waals surface area contributed by atoms with E-state index in [0.29, 0.717) is 6.04 Å². The molecule has 1 saturated carbocycles. The average molecular weight is 259 g/mol. The molecule has 3 N–H and O–H groups in total. The molecule has 1 aromatic carbocycles. The summed E-state index contributed by atoms with van der Waals surface area (Å²) >= 11 is 0. The zero-order valence-electron chi connectivity index (χ0n) is 11.3. The van der Waals surface area contributed by atoms with Gasteiger partial charge in [-0.25, -0.2) is 5.43 Å². The molecular formula is C15H21N3O. The van der Waals surface area contributed by atoms with Crippen LogP contribution in [0.2, 0.25) is 0 Å². The lowest BCUT2D eigenvalue weighted by Gasteiger charge is -2.18. The maximum atomic E-state index is 12.1. The number of rotatable bonds is 4. The molecule has 4 nitrogen and oxygen atoms in total. The maximum absolute atomic E-state index is 12.1. The number of benzene rings is 1. The van der Waals surface area contributed by atoms with Crippen LogP contribution in [0.1, 0.15) is 31.7 Å². The molecule has 1 saturated heterocycles. The summed E-state index contributed by atoms with van der Waals surface area (Å²) in [6.07, 6.45) is 3.19. The second kappa shape index (κ2) is 4.94. The van der Waals surface area contributed by atoms with E-state index in [1.54, 1.807) is 0 Å².